The van der Waals surface area contributed by atoms with Gasteiger partial charge in [-0.05, 0) is 68.7 Å². The summed E-state index contributed by atoms with van der Waals surface area (Å²) in [4.78, 5) is 10.3. The molecule has 8 nitrogen and oxygen atoms in total. The highest BCUT2D eigenvalue weighted by Gasteiger charge is 2.10. The quantitative estimate of drug-likeness (QED) is 0.305. The average molecular weight is 483 g/mol. The first kappa shape index (κ1) is 36.8. The van der Waals surface area contributed by atoms with E-state index in [0.29, 0.717) is 46.2 Å². The fraction of sp³-hybridized carbons (Fsp3) is 0.960. The highest BCUT2D eigenvalue weighted by Crippen LogP contribution is 2.06. The molecule has 0 heterocycles. The van der Waals surface area contributed by atoms with Crippen LogP contribution in [0.2, 0.25) is 0 Å². The first-order chi connectivity index (χ1) is 15.0. The van der Waals surface area contributed by atoms with Crippen LogP contribution in [0, 0.1) is 0 Å². The second-order valence-electron chi connectivity index (χ2n) is 10.2. The van der Waals surface area contributed by atoms with Crippen LogP contribution in [-0.2, 0) is 33.2 Å². The maximum atomic E-state index is 10.3. The number of rotatable bonds is 13. The van der Waals surface area contributed by atoms with E-state index in [4.69, 9.17) is 28.8 Å². The molecule has 0 atom stereocenters. The van der Waals surface area contributed by atoms with E-state index in [1.54, 1.807) is 0 Å². The lowest BCUT2D eigenvalue weighted by atomic mass is 10.2. The van der Waals surface area contributed by atoms with Gasteiger partial charge in [0.15, 0.2) is 0 Å². The molecule has 0 radical (unpaired) electrons. The van der Waals surface area contributed by atoms with Crippen molar-refractivity contribution in [3.8, 4) is 0 Å². The van der Waals surface area contributed by atoms with E-state index in [9.17, 15) is 4.79 Å². The number of aliphatic hydroxyl groups excluding tert-OH is 1. The minimum Gasteiger partial charge on any atom is -0.463 e. The van der Waals surface area contributed by atoms with Gasteiger partial charge < -0.3 is 33.5 Å². The number of hydrogen-bond acceptors (Lipinski definition) is 8. The smallest absolute Gasteiger partial charge is 0.302 e. The van der Waals surface area contributed by atoms with Crippen LogP contribution in [0.3, 0.4) is 0 Å². The molecular formula is C25H54O8. The van der Waals surface area contributed by atoms with Gasteiger partial charge in [0.1, 0.15) is 6.61 Å². The lowest BCUT2D eigenvalue weighted by Gasteiger charge is -2.19. The zero-order chi connectivity index (χ0) is 26.4. The third-order valence-corrected chi connectivity index (χ3v) is 3.03. The maximum absolute atomic E-state index is 10.3. The molecule has 0 spiro atoms. The molecule has 1 N–H and O–H groups in total. The van der Waals surface area contributed by atoms with Crippen LogP contribution in [0.5, 0.6) is 0 Å². The summed E-state index contributed by atoms with van der Waals surface area (Å²) in [5.74, 6) is -0.262. The first-order valence-corrected chi connectivity index (χ1v) is 11.9. The standard InChI is InChI=1S/C11H24O3.C8H16O3.C6H14O2/c1-5-6-12-7-8-13-9-10-14-11(2,3)4;1-7(9)10-5-6-11-8(2,3)4;1-6(2,3)8-5-4-7/h5-10H2,1-4H3;5-6H2,1-4H3;7H,4-5H2,1-3H3. The Labute approximate surface area is 203 Å². The van der Waals surface area contributed by atoms with Crippen LogP contribution in [0.25, 0.3) is 0 Å². The maximum Gasteiger partial charge on any atom is 0.302 e. The van der Waals surface area contributed by atoms with Crippen LogP contribution in [0.1, 0.15) is 82.6 Å². The van der Waals surface area contributed by atoms with Gasteiger partial charge in [0.05, 0.1) is 63.1 Å². The second-order valence-corrected chi connectivity index (χ2v) is 10.2. The Balaban J connectivity index is -0.000000426. The Bertz CT molecular complexity index is 420. The molecular weight excluding hydrogens is 428 g/mol. The SMILES string of the molecule is CC(=O)OCCOC(C)(C)C.CC(C)(C)OCCO.CCCOCCOCCOC(C)(C)C. The fourth-order valence-corrected chi connectivity index (χ4v) is 1.76. The third-order valence-electron chi connectivity index (χ3n) is 3.03. The third kappa shape index (κ3) is 49.4. The molecule has 0 bridgehead atoms. The van der Waals surface area contributed by atoms with E-state index in [1.165, 1.54) is 6.92 Å². The van der Waals surface area contributed by atoms with Gasteiger partial charge >= 0.3 is 5.97 Å². The Hall–Kier alpha value is -0.770. The molecule has 0 aromatic carbocycles. The number of ether oxygens (including phenoxy) is 6. The van der Waals surface area contributed by atoms with E-state index in [1.807, 2.05) is 62.3 Å². The van der Waals surface area contributed by atoms with Crippen LogP contribution < -0.4 is 0 Å². The molecule has 0 saturated carbocycles. The number of carbonyl (C=O) groups is 1. The first-order valence-electron chi connectivity index (χ1n) is 11.9. The largest absolute Gasteiger partial charge is 0.463 e. The highest BCUT2D eigenvalue weighted by molar-refractivity contribution is 5.65. The van der Waals surface area contributed by atoms with Crippen LogP contribution in [0.15, 0.2) is 0 Å². The molecule has 0 amide bonds. The van der Waals surface area contributed by atoms with Crippen molar-refractivity contribution in [1.29, 1.82) is 0 Å². The molecule has 0 fully saturated rings. The highest BCUT2D eigenvalue weighted by atomic mass is 16.6. The van der Waals surface area contributed by atoms with Crippen molar-refractivity contribution in [1.82, 2.24) is 0 Å². The zero-order valence-electron chi connectivity index (χ0n) is 23.4. The summed E-state index contributed by atoms with van der Waals surface area (Å²) in [6, 6.07) is 0. The summed E-state index contributed by atoms with van der Waals surface area (Å²) < 4.78 is 31.2. The zero-order valence-corrected chi connectivity index (χ0v) is 23.4. The summed E-state index contributed by atoms with van der Waals surface area (Å²) in [7, 11) is 0. The molecule has 0 saturated heterocycles. The Kier molecular flexibility index (Phi) is 24.2. The molecule has 0 aromatic heterocycles. The van der Waals surface area contributed by atoms with E-state index in [2.05, 4.69) is 11.7 Å². The van der Waals surface area contributed by atoms with Gasteiger partial charge in [-0.2, -0.15) is 0 Å². The number of esters is 1. The van der Waals surface area contributed by atoms with Gasteiger partial charge in [-0.3, -0.25) is 4.79 Å². The molecule has 202 valence electrons. The Morgan fingerprint density at radius 3 is 1.30 bits per heavy atom. The Morgan fingerprint density at radius 2 is 0.970 bits per heavy atom. The van der Waals surface area contributed by atoms with Crippen molar-refractivity contribution in [2.45, 2.75) is 99.4 Å². The van der Waals surface area contributed by atoms with Crippen molar-refractivity contribution < 1.29 is 38.3 Å². The van der Waals surface area contributed by atoms with Crippen molar-refractivity contribution in [3.05, 3.63) is 0 Å². The summed E-state index contributed by atoms with van der Waals surface area (Å²) in [6.45, 7) is 26.2. The van der Waals surface area contributed by atoms with Crippen molar-refractivity contribution in [3.63, 3.8) is 0 Å². The molecule has 0 aliphatic rings. The van der Waals surface area contributed by atoms with Gasteiger partial charge in [0, 0.05) is 13.5 Å². The number of carbonyl (C=O) groups excluding carboxylic acids is 1. The molecule has 0 aromatic rings. The Morgan fingerprint density at radius 1 is 0.606 bits per heavy atom. The van der Waals surface area contributed by atoms with Crippen LogP contribution in [-0.4, -0.2) is 87.3 Å². The molecule has 0 aliphatic heterocycles. The summed E-state index contributed by atoms with van der Waals surface area (Å²) in [6.07, 6.45) is 1.06. The predicted molar refractivity (Wildman–Crippen MR) is 133 cm³/mol. The summed E-state index contributed by atoms with van der Waals surface area (Å²) in [5, 5.41) is 8.30. The van der Waals surface area contributed by atoms with Crippen molar-refractivity contribution in [2.75, 3.05) is 59.5 Å². The minimum absolute atomic E-state index is 0.0674. The van der Waals surface area contributed by atoms with Crippen molar-refractivity contribution >= 4 is 5.97 Å². The van der Waals surface area contributed by atoms with Gasteiger partial charge in [0.2, 0.25) is 0 Å². The van der Waals surface area contributed by atoms with Crippen LogP contribution >= 0.6 is 0 Å². The molecule has 33 heavy (non-hydrogen) atoms. The van der Waals surface area contributed by atoms with E-state index in [0.717, 1.165) is 13.0 Å². The topological polar surface area (TPSA) is 92.7 Å². The van der Waals surface area contributed by atoms with Gasteiger partial charge in [-0.1, -0.05) is 6.92 Å². The van der Waals surface area contributed by atoms with Gasteiger partial charge in [-0.25, -0.2) is 0 Å². The lowest BCUT2D eigenvalue weighted by molar-refractivity contribution is -0.144. The number of hydrogen-bond donors (Lipinski definition) is 1. The summed E-state index contributed by atoms with van der Waals surface area (Å²) in [5.41, 5.74) is -0.328. The molecule has 0 unspecified atom stereocenters. The minimum atomic E-state index is -0.262. The van der Waals surface area contributed by atoms with E-state index in [-0.39, 0.29) is 29.4 Å². The predicted octanol–water partition coefficient (Wildman–Crippen LogP) is 4.40. The normalized spacial score (nSPS) is 11.8. The number of aliphatic hydroxyl groups is 1. The van der Waals surface area contributed by atoms with Crippen LogP contribution in [0.4, 0.5) is 0 Å². The lowest BCUT2D eigenvalue weighted by Crippen LogP contribution is -2.22. The summed E-state index contributed by atoms with van der Waals surface area (Å²) >= 11 is 0. The van der Waals surface area contributed by atoms with E-state index >= 15 is 0 Å². The van der Waals surface area contributed by atoms with Gasteiger partial charge in [-0.15, -0.1) is 0 Å². The van der Waals surface area contributed by atoms with Crippen molar-refractivity contribution in [2.24, 2.45) is 0 Å². The van der Waals surface area contributed by atoms with Gasteiger partial charge in [0.25, 0.3) is 0 Å². The van der Waals surface area contributed by atoms with E-state index < -0.39 is 0 Å². The fourth-order valence-electron chi connectivity index (χ4n) is 1.76. The average Bonchev–Trinajstić information content (AvgIpc) is 2.64. The second kappa shape index (κ2) is 21.7. The molecule has 0 aliphatic carbocycles. The monoisotopic (exact) mass is 482 g/mol. The molecule has 8 heteroatoms. The molecule has 0 rings (SSSR count).